The van der Waals surface area contributed by atoms with Crippen molar-refractivity contribution < 1.29 is 0 Å². The van der Waals surface area contributed by atoms with Crippen molar-refractivity contribution in [1.29, 1.82) is 0 Å². The van der Waals surface area contributed by atoms with Crippen molar-refractivity contribution >= 4 is 5.69 Å². The zero-order chi connectivity index (χ0) is 14.4. The van der Waals surface area contributed by atoms with E-state index in [2.05, 4.69) is 49.9 Å². The quantitative estimate of drug-likeness (QED) is 0.651. The fourth-order valence-electron chi connectivity index (χ4n) is 1.67. The van der Waals surface area contributed by atoms with Crippen LogP contribution >= 0.6 is 0 Å². The van der Waals surface area contributed by atoms with Crippen molar-refractivity contribution in [3.8, 4) is 0 Å². The predicted molar refractivity (Wildman–Crippen MR) is 86.7 cm³/mol. The van der Waals surface area contributed by atoms with Crippen LogP contribution in [0.3, 0.4) is 0 Å². The highest BCUT2D eigenvalue weighted by atomic mass is 15.1. The van der Waals surface area contributed by atoms with Crippen LogP contribution in [0.4, 0.5) is 5.69 Å². The van der Waals surface area contributed by atoms with Gasteiger partial charge in [0, 0.05) is 18.8 Å². The molecule has 0 N–H and O–H groups in total. The second-order valence-corrected chi connectivity index (χ2v) is 3.82. The van der Waals surface area contributed by atoms with Gasteiger partial charge >= 0.3 is 0 Å². The van der Waals surface area contributed by atoms with Crippen molar-refractivity contribution in [2.45, 2.75) is 61.3 Å². The second-order valence-electron chi connectivity index (χ2n) is 3.82. The van der Waals surface area contributed by atoms with E-state index in [1.54, 1.807) is 0 Å². The summed E-state index contributed by atoms with van der Waals surface area (Å²) in [6.45, 7) is 16.9. The molecule has 106 valence electrons. The smallest absolute Gasteiger partial charge is 0.0366 e. The number of aryl methyl sites for hydroxylation is 1. The molecule has 1 heteroatoms. The molecule has 0 aromatic heterocycles. The van der Waals surface area contributed by atoms with Gasteiger partial charge < -0.3 is 4.90 Å². The van der Waals surface area contributed by atoms with Gasteiger partial charge in [-0.2, -0.15) is 0 Å². The van der Waals surface area contributed by atoms with Gasteiger partial charge in [0.1, 0.15) is 0 Å². The summed E-state index contributed by atoms with van der Waals surface area (Å²) in [5.74, 6) is 0. The molecule has 1 nitrogen and oxygen atoms in total. The summed E-state index contributed by atoms with van der Waals surface area (Å²) >= 11 is 0. The van der Waals surface area contributed by atoms with E-state index in [0.717, 1.165) is 13.1 Å². The fraction of sp³-hybridized carbons (Fsp3) is 0.647. The number of benzene rings is 1. The van der Waals surface area contributed by atoms with E-state index in [4.69, 9.17) is 0 Å². The third-order valence-corrected chi connectivity index (χ3v) is 2.39. The summed E-state index contributed by atoms with van der Waals surface area (Å²) in [6.07, 6.45) is 2.43. The molecule has 0 saturated heterocycles. The first-order chi connectivity index (χ1) is 8.77. The molecule has 0 fully saturated rings. The molecule has 0 saturated carbocycles. The van der Waals surface area contributed by atoms with E-state index in [0.29, 0.717) is 0 Å². The molecule has 0 unspecified atom stereocenters. The maximum absolute atomic E-state index is 2.46. The van der Waals surface area contributed by atoms with Gasteiger partial charge in [-0.1, -0.05) is 59.2 Å². The maximum Gasteiger partial charge on any atom is 0.0366 e. The first-order valence-electron chi connectivity index (χ1n) is 7.59. The van der Waals surface area contributed by atoms with Crippen LogP contribution in [0.1, 0.15) is 59.9 Å². The minimum atomic E-state index is 1.16. The lowest BCUT2D eigenvalue weighted by atomic mass is 10.2. The van der Waals surface area contributed by atoms with Crippen LogP contribution in [-0.4, -0.2) is 13.1 Å². The molecule has 0 amide bonds. The molecule has 0 aliphatic rings. The van der Waals surface area contributed by atoms with Gasteiger partial charge in [-0.05, 0) is 31.9 Å². The molecule has 0 atom stereocenters. The van der Waals surface area contributed by atoms with Crippen LogP contribution in [0.2, 0.25) is 0 Å². The van der Waals surface area contributed by atoms with Crippen LogP contribution in [0.5, 0.6) is 0 Å². The van der Waals surface area contributed by atoms with Gasteiger partial charge in [-0.3, -0.25) is 0 Å². The molecule has 0 bridgehead atoms. The number of hydrogen-bond acceptors (Lipinski definition) is 1. The van der Waals surface area contributed by atoms with E-state index in [1.807, 2.05) is 27.7 Å². The number of hydrogen-bond donors (Lipinski definition) is 0. The molecule has 18 heavy (non-hydrogen) atoms. The summed E-state index contributed by atoms with van der Waals surface area (Å²) in [4.78, 5) is 2.46. The van der Waals surface area contributed by atoms with Gasteiger partial charge in [-0.15, -0.1) is 0 Å². The largest absolute Gasteiger partial charge is 0.372 e. The van der Waals surface area contributed by atoms with Crippen LogP contribution in [-0.2, 0) is 0 Å². The molecule has 1 aromatic carbocycles. The van der Waals surface area contributed by atoms with Gasteiger partial charge in [0.05, 0.1) is 0 Å². The minimum Gasteiger partial charge on any atom is -0.372 e. The van der Waals surface area contributed by atoms with E-state index in [-0.39, 0.29) is 0 Å². The van der Waals surface area contributed by atoms with Crippen LogP contribution in [0.15, 0.2) is 24.3 Å². The van der Waals surface area contributed by atoms with Crippen LogP contribution in [0, 0.1) is 6.92 Å². The first-order valence-corrected chi connectivity index (χ1v) is 7.59. The number of nitrogens with zero attached hydrogens (tertiary/aromatic N) is 1. The third kappa shape index (κ3) is 8.16. The molecule has 0 radical (unpaired) electrons. The normalized spacial score (nSPS) is 8.61. The Balaban J connectivity index is 0. The van der Waals surface area contributed by atoms with Crippen molar-refractivity contribution in [2.75, 3.05) is 18.0 Å². The Hall–Kier alpha value is -0.980. The number of anilines is 1. The lowest BCUT2D eigenvalue weighted by Crippen LogP contribution is -2.24. The van der Waals surface area contributed by atoms with Crippen molar-refractivity contribution in [2.24, 2.45) is 0 Å². The zero-order valence-corrected chi connectivity index (χ0v) is 13.6. The van der Waals surface area contributed by atoms with Crippen molar-refractivity contribution in [1.82, 2.24) is 0 Å². The molecule has 0 spiro atoms. The Morgan fingerprint density at radius 1 is 0.778 bits per heavy atom. The molecule has 0 aliphatic heterocycles. The van der Waals surface area contributed by atoms with Crippen molar-refractivity contribution in [3.63, 3.8) is 0 Å². The molecular formula is C17H33N. The summed E-state index contributed by atoms with van der Waals surface area (Å²) < 4.78 is 0. The Kier molecular flexibility index (Phi) is 15.1. The van der Waals surface area contributed by atoms with E-state index in [9.17, 15) is 0 Å². The average Bonchev–Trinajstić information content (AvgIpc) is 2.44. The second kappa shape index (κ2) is 14.1. The van der Waals surface area contributed by atoms with Crippen LogP contribution in [0.25, 0.3) is 0 Å². The SMILES string of the molecule is CC.CC.CCCN(CCC)c1ccc(C)cc1. The third-order valence-electron chi connectivity index (χ3n) is 2.39. The summed E-state index contributed by atoms with van der Waals surface area (Å²) in [6, 6.07) is 8.82. The Bertz CT molecular complexity index is 245. The monoisotopic (exact) mass is 251 g/mol. The summed E-state index contributed by atoms with van der Waals surface area (Å²) in [5, 5.41) is 0. The molecule has 0 heterocycles. The molecule has 1 rings (SSSR count). The van der Waals surface area contributed by atoms with Gasteiger partial charge in [0.2, 0.25) is 0 Å². The lowest BCUT2D eigenvalue weighted by molar-refractivity contribution is 0.745. The van der Waals surface area contributed by atoms with Crippen molar-refractivity contribution in [3.05, 3.63) is 29.8 Å². The van der Waals surface area contributed by atoms with Gasteiger partial charge in [0.25, 0.3) is 0 Å². The van der Waals surface area contributed by atoms with Gasteiger partial charge in [0.15, 0.2) is 0 Å². The minimum absolute atomic E-state index is 1.16. The standard InChI is InChI=1S/C13H21N.2C2H6/c1-4-10-14(11-5-2)13-8-6-12(3)7-9-13;2*1-2/h6-9H,4-5,10-11H2,1-3H3;2*1-2H3. The highest BCUT2D eigenvalue weighted by molar-refractivity contribution is 5.47. The van der Waals surface area contributed by atoms with Crippen LogP contribution < -0.4 is 4.90 Å². The Labute approximate surface area is 115 Å². The number of rotatable bonds is 5. The van der Waals surface area contributed by atoms with E-state index >= 15 is 0 Å². The molecule has 0 aliphatic carbocycles. The van der Waals surface area contributed by atoms with E-state index < -0.39 is 0 Å². The fourth-order valence-corrected chi connectivity index (χ4v) is 1.67. The zero-order valence-electron chi connectivity index (χ0n) is 13.6. The average molecular weight is 251 g/mol. The lowest BCUT2D eigenvalue weighted by Gasteiger charge is -2.23. The molecular weight excluding hydrogens is 218 g/mol. The molecule has 1 aromatic rings. The Morgan fingerprint density at radius 2 is 1.17 bits per heavy atom. The topological polar surface area (TPSA) is 3.24 Å². The summed E-state index contributed by atoms with van der Waals surface area (Å²) in [7, 11) is 0. The maximum atomic E-state index is 2.46. The Morgan fingerprint density at radius 3 is 1.50 bits per heavy atom. The van der Waals surface area contributed by atoms with E-state index in [1.165, 1.54) is 24.1 Å². The highest BCUT2D eigenvalue weighted by Gasteiger charge is 2.02. The predicted octanol–water partition coefficient (Wildman–Crippen LogP) is 5.67. The first kappa shape index (κ1) is 19.4. The van der Waals surface area contributed by atoms with Gasteiger partial charge in [-0.25, -0.2) is 0 Å². The summed E-state index contributed by atoms with van der Waals surface area (Å²) in [5.41, 5.74) is 2.70. The highest BCUT2D eigenvalue weighted by Crippen LogP contribution is 2.15.